The number of methoxy groups -OCH3 is 1. The summed E-state index contributed by atoms with van der Waals surface area (Å²) < 4.78 is 5.64. The van der Waals surface area contributed by atoms with Crippen LogP contribution in [0.2, 0.25) is 0 Å². The van der Waals surface area contributed by atoms with Crippen molar-refractivity contribution in [2.24, 2.45) is 11.3 Å². The summed E-state index contributed by atoms with van der Waals surface area (Å²) in [5, 5.41) is 0. The van der Waals surface area contributed by atoms with Crippen molar-refractivity contribution in [3.05, 3.63) is 29.3 Å². The number of amides is 2. The minimum absolute atomic E-state index is 0. The van der Waals surface area contributed by atoms with E-state index in [0.29, 0.717) is 25.3 Å². The van der Waals surface area contributed by atoms with E-state index >= 15 is 0 Å². The Morgan fingerprint density at radius 1 is 1.00 bits per heavy atom. The van der Waals surface area contributed by atoms with Gasteiger partial charge in [0.05, 0.1) is 7.11 Å². The summed E-state index contributed by atoms with van der Waals surface area (Å²) in [7, 11) is 1.78. The molecule has 1 aromatic rings. The third kappa shape index (κ3) is 4.43. The number of fused-ring (bicyclic) bond motifs is 3. The summed E-state index contributed by atoms with van der Waals surface area (Å²) in [5.74, 6) is 2.55. The van der Waals surface area contributed by atoms with Crippen LogP contribution in [0.3, 0.4) is 0 Å². The highest BCUT2D eigenvalue weighted by molar-refractivity contribution is 5.98. The first-order chi connectivity index (χ1) is 15.1. The number of hydrogen-bond donors (Lipinski definition) is 0. The predicted molar refractivity (Wildman–Crippen MR) is 127 cm³/mol. The fourth-order valence-electron chi connectivity index (χ4n) is 6.87. The topological polar surface area (TPSA) is 49.9 Å². The first-order valence-corrected chi connectivity index (χ1v) is 12.3. The normalized spacial score (nSPS) is 26.3. The van der Waals surface area contributed by atoms with Crippen molar-refractivity contribution in [3.8, 4) is 5.75 Å². The monoisotopic (exact) mass is 460 g/mol. The Morgan fingerprint density at radius 2 is 1.72 bits per heavy atom. The summed E-state index contributed by atoms with van der Waals surface area (Å²) >= 11 is 0. The lowest BCUT2D eigenvalue weighted by atomic mass is 9.76. The maximum atomic E-state index is 12.6. The summed E-state index contributed by atoms with van der Waals surface area (Å²) in [6, 6.07) is 6.47. The van der Waals surface area contributed by atoms with E-state index in [0.717, 1.165) is 56.9 Å². The molecule has 5 nitrogen and oxygen atoms in total. The Balaban J connectivity index is 0.00000245. The van der Waals surface area contributed by atoms with Crippen molar-refractivity contribution >= 4 is 24.2 Å². The Morgan fingerprint density at radius 3 is 2.44 bits per heavy atom. The Labute approximate surface area is 198 Å². The molecule has 2 atom stereocenters. The molecule has 0 bridgehead atoms. The molecule has 4 aliphatic rings. The Bertz CT molecular complexity index is 831. The molecule has 1 saturated carbocycles. The van der Waals surface area contributed by atoms with Crippen LogP contribution in [0.15, 0.2) is 18.2 Å². The summed E-state index contributed by atoms with van der Waals surface area (Å²) in [6.45, 7) is 4.03. The van der Waals surface area contributed by atoms with Gasteiger partial charge in [-0.25, -0.2) is 0 Å². The third-order valence-corrected chi connectivity index (χ3v) is 8.42. The fraction of sp³-hybridized carbons (Fsp3) is 0.692. The van der Waals surface area contributed by atoms with Crippen LogP contribution in [0.1, 0.15) is 74.8 Å². The van der Waals surface area contributed by atoms with E-state index in [4.69, 9.17) is 4.74 Å². The Hall–Kier alpha value is -1.59. The molecule has 0 aromatic heterocycles. The molecule has 5 rings (SSSR count). The van der Waals surface area contributed by atoms with E-state index in [1.54, 1.807) is 12.0 Å². The number of rotatable bonds is 7. The number of unbranched alkanes of at least 4 members (excludes halogenated alkanes) is 2. The number of carbonyl (C=O) groups excluding carboxylic acids is 2. The standard InChI is InChI=1S/C26H36N2O3.ClH/c1-31-22-9-7-8-19-14-20-17-27(18-21(20)25(19)22)12-5-2-6-13-28-23(29)15-26(16-24(28)30)10-3-4-11-26;/h7-9,20-21H,2-6,10-18H2,1H3;1H. The fourth-order valence-corrected chi connectivity index (χ4v) is 6.87. The van der Waals surface area contributed by atoms with Crippen LogP contribution in [0.5, 0.6) is 5.75 Å². The zero-order valence-corrected chi connectivity index (χ0v) is 20.1. The third-order valence-electron chi connectivity index (χ3n) is 8.42. The van der Waals surface area contributed by atoms with E-state index in [1.807, 2.05) is 0 Å². The quantitative estimate of drug-likeness (QED) is 0.442. The van der Waals surface area contributed by atoms with Crippen LogP contribution in [0.25, 0.3) is 0 Å². The number of benzene rings is 1. The number of imide groups is 1. The minimum Gasteiger partial charge on any atom is -0.496 e. The van der Waals surface area contributed by atoms with Crippen molar-refractivity contribution in [2.45, 2.75) is 70.1 Å². The zero-order chi connectivity index (χ0) is 21.4. The molecule has 2 unspecified atom stereocenters. The van der Waals surface area contributed by atoms with Crippen molar-refractivity contribution in [2.75, 3.05) is 33.3 Å². The van der Waals surface area contributed by atoms with Crippen molar-refractivity contribution in [1.82, 2.24) is 9.80 Å². The molecule has 2 aliphatic heterocycles. The first kappa shape index (κ1) is 23.6. The van der Waals surface area contributed by atoms with Gasteiger partial charge < -0.3 is 9.64 Å². The summed E-state index contributed by atoms with van der Waals surface area (Å²) in [6.07, 6.45) is 10.00. The molecule has 176 valence electrons. The van der Waals surface area contributed by atoms with E-state index in [-0.39, 0.29) is 29.6 Å². The van der Waals surface area contributed by atoms with Gasteiger partial charge >= 0.3 is 0 Å². The molecule has 2 heterocycles. The Kier molecular flexibility index (Phi) is 7.16. The molecular weight excluding hydrogens is 424 g/mol. The second-order valence-corrected chi connectivity index (χ2v) is 10.4. The molecule has 0 radical (unpaired) electrons. The molecule has 3 fully saturated rings. The van der Waals surface area contributed by atoms with Gasteiger partial charge in [0.25, 0.3) is 0 Å². The van der Waals surface area contributed by atoms with E-state index < -0.39 is 0 Å². The molecule has 6 heteroatoms. The lowest BCUT2D eigenvalue weighted by molar-refractivity contribution is -0.153. The molecule has 2 amide bonds. The average molecular weight is 461 g/mol. The van der Waals surface area contributed by atoms with Crippen LogP contribution in [-0.4, -0.2) is 54.9 Å². The lowest BCUT2D eigenvalue weighted by Crippen LogP contribution is -2.47. The van der Waals surface area contributed by atoms with Crippen LogP contribution in [0, 0.1) is 11.3 Å². The van der Waals surface area contributed by atoms with Gasteiger partial charge in [-0.1, -0.05) is 31.4 Å². The van der Waals surface area contributed by atoms with Crippen molar-refractivity contribution in [3.63, 3.8) is 0 Å². The van der Waals surface area contributed by atoms with Crippen molar-refractivity contribution < 1.29 is 14.3 Å². The van der Waals surface area contributed by atoms with Gasteiger partial charge in [-0.2, -0.15) is 0 Å². The minimum atomic E-state index is 0. The van der Waals surface area contributed by atoms with Gasteiger partial charge in [0.1, 0.15) is 5.75 Å². The smallest absolute Gasteiger partial charge is 0.229 e. The van der Waals surface area contributed by atoms with Gasteiger partial charge in [-0.05, 0) is 61.6 Å². The number of likely N-dealkylation sites (tertiary alicyclic amines) is 2. The highest BCUT2D eigenvalue weighted by atomic mass is 35.5. The second-order valence-electron chi connectivity index (χ2n) is 10.4. The number of carbonyl (C=O) groups is 2. The average Bonchev–Trinajstić information content (AvgIpc) is 3.44. The van der Waals surface area contributed by atoms with Crippen LogP contribution in [-0.2, 0) is 16.0 Å². The molecule has 1 aromatic carbocycles. The van der Waals surface area contributed by atoms with Gasteiger partial charge in [-0.3, -0.25) is 14.5 Å². The predicted octanol–water partition coefficient (Wildman–Crippen LogP) is 4.57. The summed E-state index contributed by atoms with van der Waals surface area (Å²) in [5.41, 5.74) is 2.93. The lowest BCUT2D eigenvalue weighted by Gasteiger charge is -2.37. The number of piperidine rings is 1. The molecule has 0 N–H and O–H groups in total. The molecule has 1 spiro atoms. The zero-order valence-electron chi connectivity index (χ0n) is 19.3. The van der Waals surface area contributed by atoms with Crippen LogP contribution < -0.4 is 4.74 Å². The first-order valence-electron chi connectivity index (χ1n) is 12.3. The number of halogens is 1. The maximum absolute atomic E-state index is 12.6. The molecular formula is C26H37ClN2O3. The molecule has 2 aliphatic carbocycles. The van der Waals surface area contributed by atoms with Gasteiger partial charge in [0.15, 0.2) is 0 Å². The van der Waals surface area contributed by atoms with E-state index in [1.165, 1.54) is 36.9 Å². The highest BCUT2D eigenvalue weighted by Gasteiger charge is 2.45. The summed E-state index contributed by atoms with van der Waals surface area (Å²) in [4.78, 5) is 29.3. The van der Waals surface area contributed by atoms with Crippen molar-refractivity contribution in [1.29, 1.82) is 0 Å². The second kappa shape index (κ2) is 9.72. The van der Waals surface area contributed by atoms with Crippen LogP contribution in [0.4, 0.5) is 0 Å². The number of nitrogens with zero attached hydrogens (tertiary/aromatic N) is 2. The van der Waals surface area contributed by atoms with E-state index in [9.17, 15) is 9.59 Å². The largest absolute Gasteiger partial charge is 0.496 e. The van der Waals surface area contributed by atoms with Crippen LogP contribution >= 0.6 is 12.4 Å². The molecule has 2 saturated heterocycles. The highest BCUT2D eigenvalue weighted by Crippen LogP contribution is 2.48. The maximum Gasteiger partial charge on any atom is 0.229 e. The number of ether oxygens (including phenoxy) is 1. The number of hydrogen-bond acceptors (Lipinski definition) is 4. The van der Waals surface area contributed by atoms with Gasteiger partial charge in [0, 0.05) is 44.0 Å². The van der Waals surface area contributed by atoms with Gasteiger partial charge in [-0.15, -0.1) is 12.4 Å². The van der Waals surface area contributed by atoms with E-state index in [2.05, 4.69) is 23.1 Å². The SMILES string of the molecule is COc1cccc2c1C1CN(CCCCCN3C(=O)CC4(CCCC4)CC3=O)CC1C2.Cl. The molecule has 32 heavy (non-hydrogen) atoms. The van der Waals surface area contributed by atoms with Gasteiger partial charge in [0.2, 0.25) is 11.8 Å².